The Balaban J connectivity index is 1.92. The summed E-state index contributed by atoms with van der Waals surface area (Å²) < 4.78 is 0. The van der Waals surface area contributed by atoms with Crippen LogP contribution in [0.5, 0.6) is 0 Å². The average molecular weight is 272 g/mol. The highest BCUT2D eigenvalue weighted by atomic mass is 16.2. The predicted molar refractivity (Wildman–Crippen MR) is 77.0 cm³/mol. The smallest absolute Gasteiger partial charge is 0.252 e. The Morgan fingerprint density at radius 1 is 1.50 bits per heavy atom. The molecule has 4 heteroatoms. The lowest BCUT2D eigenvalue weighted by atomic mass is 10.1. The first-order chi connectivity index (χ1) is 9.69. The second-order valence-electron chi connectivity index (χ2n) is 5.42. The van der Waals surface area contributed by atoms with Crippen LogP contribution < -0.4 is 5.32 Å². The molecule has 0 aliphatic heterocycles. The SMILES string of the molecule is CC1CCC(CNC(=O)c2cncc(C#CCO)c2)C1. The minimum atomic E-state index is -0.198. The van der Waals surface area contributed by atoms with Gasteiger partial charge in [-0.1, -0.05) is 25.2 Å². The van der Waals surface area contributed by atoms with Crippen molar-refractivity contribution in [2.24, 2.45) is 11.8 Å². The maximum Gasteiger partial charge on any atom is 0.252 e. The highest BCUT2D eigenvalue weighted by Crippen LogP contribution is 2.29. The molecule has 4 nitrogen and oxygen atoms in total. The summed E-state index contributed by atoms with van der Waals surface area (Å²) in [5.74, 6) is 6.56. The van der Waals surface area contributed by atoms with Crippen molar-refractivity contribution in [2.45, 2.75) is 26.2 Å². The zero-order valence-corrected chi connectivity index (χ0v) is 11.7. The van der Waals surface area contributed by atoms with Gasteiger partial charge in [-0.3, -0.25) is 9.78 Å². The maximum atomic E-state index is 12.1. The van der Waals surface area contributed by atoms with Crippen LogP contribution in [0.25, 0.3) is 0 Å². The minimum Gasteiger partial charge on any atom is -0.384 e. The molecule has 1 aromatic heterocycles. The number of rotatable bonds is 3. The molecule has 106 valence electrons. The van der Waals surface area contributed by atoms with E-state index in [0.29, 0.717) is 17.0 Å². The molecule has 1 amide bonds. The van der Waals surface area contributed by atoms with E-state index in [2.05, 4.69) is 29.1 Å². The van der Waals surface area contributed by atoms with Gasteiger partial charge in [0, 0.05) is 24.5 Å². The van der Waals surface area contributed by atoms with Crippen molar-refractivity contribution in [3.8, 4) is 11.8 Å². The number of carbonyl (C=O) groups excluding carboxylic acids is 1. The molecule has 0 aromatic carbocycles. The molecule has 1 fully saturated rings. The first-order valence-electron chi connectivity index (χ1n) is 7.02. The van der Waals surface area contributed by atoms with Gasteiger partial charge >= 0.3 is 0 Å². The minimum absolute atomic E-state index is 0.107. The van der Waals surface area contributed by atoms with E-state index in [1.807, 2.05) is 0 Å². The number of aliphatic hydroxyl groups excluding tert-OH is 1. The van der Waals surface area contributed by atoms with Gasteiger partial charge in [-0.15, -0.1) is 0 Å². The van der Waals surface area contributed by atoms with E-state index in [1.165, 1.54) is 25.5 Å². The van der Waals surface area contributed by atoms with Crippen molar-refractivity contribution in [1.29, 1.82) is 0 Å². The van der Waals surface area contributed by atoms with E-state index in [9.17, 15) is 4.79 Å². The largest absolute Gasteiger partial charge is 0.384 e. The van der Waals surface area contributed by atoms with Crippen LogP contribution in [0.1, 0.15) is 42.1 Å². The van der Waals surface area contributed by atoms with Gasteiger partial charge in [0.15, 0.2) is 0 Å². The van der Waals surface area contributed by atoms with Crippen LogP contribution >= 0.6 is 0 Å². The molecule has 2 unspecified atom stereocenters. The van der Waals surface area contributed by atoms with Crippen molar-refractivity contribution in [1.82, 2.24) is 10.3 Å². The average Bonchev–Trinajstić information content (AvgIpc) is 2.88. The maximum absolute atomic E-state index is 12.1. The highest BCUT2D eigenvalue weighted by Gasteiger charge is 2.21. The second kappa shape index (κ2) is 7.06. The third-order valence-electron chi connectivity index (χ3n) is 3.67. The summed E-state index contributed by atoms with van der Waals surface area (Å²) in [4.78, 5) is 16.1. The van der Waals surface area contributed by atoms with E-state index in [1.54, 1.807) is 12.3 Å². The Bertz CT molecular complexity index is 531. The normalized spacial score (nSPS) is 21.1. The van der Waals surface area contributed by atoms with Gasteiger partial charge in [0.2, 0.25) is 0 Å². The second-order valence-corrected chi connectivity index (χ2v) is 5.42. The molecule has 0 bridgehead atoms. The van der Waals surface area contributed by atoms with Gasteiger partial charge in [-0.05, 0) is 30.7 Å². The molecule has 0 spiro atoms. The quantitative estimate of drug-likeness (QED) is 0.821. The van der Waals surface area contributed by atoms with E-state index in [0.717, 1.165) is 12.5 Å². The number of carbonyl (C=O) groups is 1. The van der Waals surface area contributed by atoms with Crippen LogP contribution in [0.3, 0.4) is 0 Å². The van der Waals surface area contributed by atoms with Crippen molar-refractivity contribution >= 4 is 5.91 Å². The summed E-state index contributed by atoms with van der Waals surface area (Å²) in [7, 11) is 0. The monoisotopic (exact) mass is 272 g/mol. The number of hydrogen-bond donors (Lipinski definition) is 2. The summed E-state index contributed by atoms with van der Waals surface area (Å²) in [6.07, 6.45) is 6.77. The molecule has 20 heavy (non-hydrogen) atoms. The summed E-state index contributed by atoms with van der Waals surface area (Å²) in [5.41, 5.74) is 1.15. The molecular weight excluding hydrogens is 252 g/mol. The number of aliphatic hydroxyl groups is 1. The number of hydrogen-bond acceptors (Lipinski definition) is 3. The number of pyridine rings is 1. The Morgan fingerprint density at radius 2 is 2.35 bits per heavy atom. The number of nitrogens with zero attached hydrogens (tertiary/aromatic N) is 1. The summed E-state index contributed by atoms with van der Waals surface area (Å²) in [5, 5.41) is 11.6. The van der Waals surface area contributed by atoms with E-state index >= 15 is 0 Å². The zero-order valence-electron chi connectivity index (χ0n) is 11.7. The summed E-state index contributed by atoms with van der Waals surface area (Å²) in [6.45, 7) is 2.79. The van der Waals surface area contributed by atoms with Gasteiger partial charge in [0.1, 0.15) is 6.61 Å². The Morgan fingerprint density at radius 3 is 3.05 bits per heavy atom. The van der Waals surface area contributed by atoms with Crippen LogP contribution in [0, 0.1) is 23.7 Å². The molecule has 2 N–H and O–H groups in total. The molecule has 2 atom stereocenters. The van der Waals surface area contributed by atoms with Gasteiger partial charge in [-0.2, -0.15) is 0 Å². The lowest BCUT2D eigenvalue weighted by Crippen LogP contribution is -2.28. The summed E-state index contributed by atoms with van der Waals surface area (Å²) >= 11 is 0. The lowest BCUT2D eigenvalue weighted by molar-refractivity contribution is 0.0946. The number of aromatic nitrogens is 1. The molecule has 0 saturated heterocycles. The van der Waals surface area contributed by atoms with Crippen molar-refractivity contribution in [3.63, 3.8) is 0 Å². The van der Waals surface area contributed by atoms with Gasteiger partial charge in [-0.25, -0.2) is 0 Å². The molecular formula is C16H20N2O2. The van der Waals surface area contributed by atoms with Crippen molar-refractivity contribution in [3.05, 3.63) is 29.6 Å². The predicted octanol–water partition coefficient (Wildman–Crippen LogP) is 1.59. The first kappa shape index (κ1) is 14.5. The van der Waals surface area contributed by atoms with Crippen molar-refractivity contribution < 1.29 is 9.90 Å². The summed E-state index contributed by atoms with van der Waals surface area (Å²) in [6, 6.07) is 1.70. The molecule has 1 aromatic rings. The number of nitrogens with one attached hydrogen (secondary N) is 1. The third kappa shape index (κ3) is 4.07. The van der Waals surface area contributed by atoms with Gasteiger partial charge < -0.3 is 10.4 Å². The molecule has 1 aliphatic rings. The Kier molecular flexibility index (Phi) is 5.14. The van der Waals surface area contributed by atoms with Crippen LogP contribution in [0.15, 0.2) is 18.5 Å². The van der Waals surface area contributed by atoms with Gasteiger partial charge in [0.05, 0.1) is 5.56 Å². The third-order valence-corrected chi connectivity index (χ3v) is 3.67. The van der Waals surface area contributed by atoms with E-state index in [-0.39, 0.29) is 12.5 Å². The number of amides is 1. The van der Waals surface area contributed by atoms with Crippen LogP contribution in [-0.2, 0) is 0 Å². The van der Waals surface area contributed by atoms with E-state index < -0.39 is 0 Å². The van der Waals surface area contributed by atoms with E-state index in [4.69, 9.17) is 5.11 Å². The zero-order chi connectivity index (χ0) is 14.4. The first-order valence-corrected chi connectivity index (χ1v) is 7.02. The topological polar surface area (TPSA) is 62.2 Å². The Labute approximate surface area is 119 Å². The van der Waals surface area contributed by atoms with Crippen LogP contribution in [-0.4, -0.2) is 29.1 Å². The molecule has 1 heterocycles. The Hall–Kier alpha value is -1.86. The highest BCUT2D eigenvalue weighted by molar-refractivity contribution is 5.94. The molecule has 1 aliphatic carbocycles. The molecule has 2 rings (SSSR count). The molecule has 1 saturated carbocycles. The van der Waals surface area contributed by atoms with Crippen molar-refractivity contribution in [2.75, 3.05) is 13.2 Å². The standard InChI is InChI=1S/C16H20N2O2/c1-12-4-5-14(7-12)10-18-16(20)15-8-13(3-2-6-19)9-17-11-15/h8-9,11-12,14,19H,4-7,10H2,1H3,(H,18,20). The van der Waals surface area contributed by atoms with Crippen LogP contribution in [0.4, 0.5) is 0 Å². The fraction of sp³-hybridized carbons (Fsp3) is 0.500. The van der Waals surface area contributed by atoms with Crippen LogP contribution in [0.2, 0.25) is 0 Å². The van der Waals surface area contributed by atoms with Gasteiger partial charge in [0.25, 0.3) is 5.91 Å². The fourth-order valence-corrected chi connectivity index (χ4v) is 2.62. The fourth-order valence-electron chi connectivity index (χ4n) is 2.62. The lowest BCUT2D eigenvalue weighted by Gasteiger charge is -2.11. The molecule has 0 radical (unpaired) electrons.